The fourth-order valence-corrected chi connectivity index (χ4v) is 4.43. The van der Waals surface area contributed by atoms with E-state index in [9.17, 15) is 9.59 Å². The number of unbranched alkanes of at least 4 members (excludes halogenated alkanes) is 16. The van der Waals surface area contributed by atoms with Crippen LogP contribution in [0.3, 0.4) is 0 Å². The lowest BCUT2D eigenvalue weighted by Gasteiger charge is -2.23. The molecule has 0 fully saturated rings. The molecule has 0 aliphatic rings. The van der Waals surface area contributed by atoms with Gasteiger partial charge >= 0.3 is 11.9 Å². The van der Waals surface area contributed by atoms with Gasteiger partial charge in [-0.15, -0.1) is 0 Å². The SMILES string of the molecule is CCCCCCCCCCCCCCCCCCOC[C@H](COC(=O)CCCC[N+](C)(C)C)OC(C)=O.[I-]. The molecule has 0 aromatic carbocycles. The van der Waals surface area contributed by atoms with Crippen LogP contribution in [0.1, 0.15) is 136 Å². The van der Waals surface area contributed by atoms with E-state index in [0.29, 0.717) is 13.0 Å². The lowest BCUT2D eigenvalue weighted by molar-refractivity contribution is -0.870. The Morgan fingerprint density at radius 2 is 1.13 bits per heavy atom. The summed E-state index contributed by atoms with van der Waals surface area (Å²) in [6, 6.07) is 0. The lowest BCUT2D eigenvalue weighted by atomic mass is 10.0. The third-order valence-corrected chi connectivity index (χ3v) is 6.67. The number of carbonyl (C=O) groups is 2. The van der Waals surface area contributed by atoms with Crippen molar-refractivity contribution in [3.05, 3.63) is 0 Å². The molecule has 0 spiro atoms. The largest absolute Gasteiger partial charge is 1.00 e. The first-order valence-electron chi connectivity index (χ1n) is 15.5. The number of ether oxygens (including phenoxy) is 3. The summed E-state index contributed by atoms with van der Waals surface area (Å²) < 4.78 is 17.2. The number of carbonyl (C=O) groups excluding carboxylic acids is 2. The first-order chi connectivity index (χ1) is 17.7. The second-order valence-electron chi connectivity index (χ2n) is 11.8. The zero-order valence-electron chi connectivity index (χ0n) is 25.7. The molecule has 6 nitrogen and oxygen atoms in total. The first kappa shape index (κ1) is 39.7. The van der Waals surface area contributed by atoms with E-state index in [1.165, 1.54) is 103 Å². The van der Waals surface area contributed by atoms with E-state index in [4.69, 9.17) is 14.2 Å². The maximum atomic E-state index is 12.0. The number of hydrogen-bond acceptors (Lipinski definition) is 5. The first-order valence-corrected chi connectivity index (χ1v) is 15.5. The van der Waals surface area contributed by atoms with Crippen LogP contribution in [0.4, 0.5) is 0 Å². The summed E-state index contributed by atoms with van der Waals surface area (Å²) in [7, 11) is 6.42. The van der Waals surface area contributed by atoms with Crippen molar-refractivity contribution in [1.29, 1.82) is 0 Å². The monoisotopic (exact) mass is 655 g/mol. The summed E-state index contributed by atoms with van der Waals surface area (Å²) in [4.78, 5) is 23.4. The predicted octanol–water partition coefficient (Wildman–Crippen LogP) is 4.62. The van der Waals surface area contributed by atoms with E-state index < -0.39 is 6.10 Å². The summed E-state index contributed by atoms with van der Waals surface area (Å²) in [5, 5.41) is 0. The Morgan fingerprint density at radius 3 is 1.58 bits per heavy atom. The van der Waals surface area contributed by atoms with Gasteiger partial charge in [0.25, 0.3) is 0 Å². The van der Waals surface area contributed by atoms with Crippen LogP contribution in [0.5, 0.6) is 0 Å². The topological polar surface area (TPSA) is 61.8 Å². The molecule has 0 aliphatic heterocycles. The van der Waals surface area contributed by atoms with Crippen molar-refractivity contribution in [2.24, 2.45) is 0 Å². The van der Waals surface area contributed by atoms with Gasteiger partial charge in [0.2, 0.25) is 0 Å². The van der Waals surface area contributed by atoms with Crippen LogP contribution >= 0.6 is 0 Å². The molecule has 0 heterocycles. The summed E-state index contributed by atoms with van der Waals surface area (Å²) in [5.74, 6) is -0.619. The van der Waals surface area contributed by atoms with Crippen molar-refractivity contribution >= 4 is 11.9 Å². The molecule has 0 saturated heterocycles. The highest BCUT2D eigenvalue weighted by Crippen LogP contribution is 2.14. The number of hydrogen-bond donors (Lipinski definition) is 0. The van der Waals surface area contributed by atoms with Gasteiger partial charge in [-0.1, -0.05) is 103 Å². The standard InChI is InChI=1S/C31H62NO5.HI/c1-6-7-8-9-10-11-12-13-14-15-16-17-18-19-20-23-26-35-27-30(37-29(2)33)28-36-31(34)24-21-22-25-32(3,4)5;/h30H,6-28H2,1-5H3;1H/q+1;/p-1/t30-;/m1./s1. The molecule has 38 heavy (non-hydrogen) atoms. The number of halogens is 1. The molecule has 0 saturated carbocycles. The molecular formula is C31H62INO5. The van der Waals surface area contributed by atoms with Crippen LogP contribution in [-0.4, -0.2) is 70.0 Å². The van der Waals surface area contributed by atoms with Crippen LogP contribution in [-0.2, 0) is 23.8 Å². The molecule has 0 aliphatic carbocycles. The minimum Gasteiger partial charge on any atom is -1.00 e. The van der Waals surface area contributed by atoms with Crippen LogP contribution in [0.25, 0.3) is 0 Å². The molecule has 0 bridgehead atoms. The Balaban J connectivity index is 0. The molecule has 1 atom stereocenters. The second-order valence-corrected chi connectivity index (χ2v) is 11.8. The van der Waals surface area contributed by atoms with Crippen LogP contribution in [0.15, 0.2) is 0 Å². The van der Waals surface area contributed by atoms with Gasteiger partial charge in [-0.25, -0.2) is 0 Å². The maximum Gasteiger partial charge on any atom is 0.305 e. The normalized spacial score (nSPS) is 12.1. The Labute approximate surface area is 252 Å². The number of quaternary nitrogens is 1. The van der Waals surface area contributed by atoms with Crippen molar-refractivity contribution in [2.75, 3.05) is 47.5 Å². The lowest BCUT2D eigenvalue weighted by Crippen LogP contribution is -3.00. The molecular weight excluding hydrogens is 593 g/mol. The molecule has 0 rings (SSSR count). The van der Waals surface area contributed by atoms with E-state index >= 15 is 0 Å². The molecule has 0 unspecified atom stereocenters. The van der Waals surface area contributed by atoms with Gasteiger partial charge in [0.1, 0.15) is 6.61 Å². The Morgan fingerprint density at radius 1 is 0.658 bits per heavy atom. The van der Waals surface area contributed by atoms with Gasteiger partial charge < -0.3 is 42.7 Å². The average Bonchev–Trinajstić information content (AvgIpc) is 2.83. The van der Waals surface area contributed by atoms with Crippen molar-refractivity contribution in [1.82, 2.24) is 0 Å². The zero-order valence-corrected chi connectivity index (χ0v) is 27.9. The van der Waals surface area contributed by atoms with Gasteiger partial charge in [-0.05, 0) is 19.3 Å². The zero-order chi connectivity index (χ0) is 27.6. The van der Waals surface area contributed by atoms with Crippen molar-refractivity contribution < 1.29 is 52.3 Å². The predicted molar refractivity (Wildman–Crippen MR) is 154 cm³/mol. The third-order valence-electron chi connectivity index (χ3n) is 6.67. The fourth-order valence-electron chi connectivity index (χ4n) is 4.43. The van der Waals surface area contributed by atoms with Crippen LogP contribution < -0.4 is 24.0 Å². The molecule has 228 valence electrons. The summed E-state index contributed by atoms with van der Waals surface area (Å²) in [5.41, 5.74) is 0. The Kier molecular flexibility index (Phi) is 29.4. The molecule has 0 aromatic heterocycles. The third kappa shape index (κ3) is 31.8. The Bertz CT molecular complexity index is 539. The number of esters is 2. The van der Waals surface area contributed by atoms with E-state index in [-0.39, 0.29) is 49.1 Å². The average molecular weight is 656 g/mol. The van der Waals surface area contributed by atoms with E-state index in [0.717, 1.165) is 30.3 Å². The van der Waals surface area contributed by atoms with Gasteiger partial charge in [0.05, 0.1) is 34.3 Å². The van der Waals surface area contributed by atoms with E-state index in [1.54, 1.807) is 0 Å². The highest BCUT2D eigenvalue weighted by atomic mass is 127. The van der Waals surface area contributed by atoms with Crippen molar-refractivity contribution in [3.63, 3.8) is 0 Å². The minimum absolute atomic E-state index is 0. The van der Waals surface area contributed by atoms with E-state index in [1.807, 2.05) is 0 Å². The smallest absolute Gasteiger partial charge is 0.305 e. The van der Waals surface area contributed by atoms with Gasteiger partial charge in [-0.3, -0.25) is 9.59 Å². The number of rotatable bonds is 27. The fraction of sp³-hybridized carbons (Fsp3) is 0.935. The van der Waals surface area contributed by atoms with Gasteiger partial charge in [0, 0.05) is 20.0 Å². The van der Waals surface area contributed by atoms with E-state index in [2.05, 4.69) is 28.1 Å². The molecule has 0 radical (unpaired) electrons. The van der Waals surface area contributed by atoms with Crippen molar-refractivity contribution in [3.8, 4) is 0 Å². The highest BCUT2D eigenvalue weighted by molar-refractivity contribution is 5.69. The minimum atomic E-state index is -0.534. The maximum absolute atomic E-state index is 12.0. The summed E-state index contributed by atoms with van der Waals surface area (Å²) in [6.07, 6.45) is 23.2. The van der Waals surface area contributed by atoms with Crippen LogP contribution in [0.2, 0.25) is 0 Å². The van der Waals surface area contributed by atoms with Gasteiger partial charge in [0.15, 0.2) is 6.10 Å². The Hall–Kier alpha value is -0.410. The molecule has 0 N–H and O–H groups in total. The quantitative estimate of drug-likeness (QED) is 0.0560. The van der Waals surface area contributed by atoms with Crippen molar-refractivity contribution in [2.45, 2.75) is 142 Å². The summed E-state index contributed by atoms with van der Waals surface area (Å²) in [6.45, 7) is 5.65. The van der Waals surface area contributed by atoms with Gasteiger partial charge in [-0.2, -0.15) is 0 Å². The molecule has 7 heteroatoms. The van der Waals surface area contributed by atoms with Crippen LogP contribution in [0, 0.1) is 0 Å². The molecule has 0 amide bonds. The second kappa shape index (κ2) is 28.1. The highest BCUT2D eigenvalue weighted by Gasteiger charge is 2.16. The number of nitrogens with zero attached hydrogens (tertiary/aromatic N) is 1. The summed E-state index contributed by atoms with van der Waals surface area (Å²) >= 11 is 0. The molecule has 0 aromatic rings.